The van der Waals surface area contributed by atoms with Gasteiger partial charge in [0.25, 0.3) is 0 Å². The number of halogens is 1. The molecule has 2 amide bonds. The number of amides is 2. The summed E-state index contributed by atoms with van der Waals surface area (Å²) < 4.78 is 0. The minimum absolute atomic E-state index is 0.0194. The highest BCUT2D eigenvalue weighted by molar-refractivity contribution is 6.30. The van der Waals surface area contributed by atoms with E-state index in [9.17, 15) is 9.59 Å². The Balaban J connectivity index is 1.71. The molecule has 2 aromatic carbocycles. The Bertz CT molecular complexity index is 783. The van der Waals surface area contributed by atoms with Gasteiger partial charge in [0.05, 0.1) is 12.5 Å². The van der Waals surface area contributed by atoms with E-state index in [0.717, 1.165) is 29.7 Å². The maximum absolute atomic E-state index is 13.0. The average Bonchev–Trinajstić information content (AvgIpc) is 3.42. The van der Waals surface area contributed by atoms with E-state index in [2.05, 4.69) is 12.2 Å². The lowest BCUT2D eigenvalue weighted by atomic mass is 10.0. The van der Waals surface area contributed by atoms with Crippen LogP contribution < -0.4 is 5.32 Å². The minimum atomic E-state index is -0.106. The fourth-order valence-electron chi connectivity index (χ4n) is 3.17. The molecule has 3 rings (SSSR count). The molecule has 2 aromatic rings. The third kappa shape index (κ3) is 4.64. The zero-order chi connectivity index (χ0) is 18.7. The summed E-state index contributed by atoms with van der Waals surface area (Å²) in [6, 6.07) is 15.5. The van der Waals surface area contributed by atoms with E-state index >= 15 is 0 Å². The molecule has 4 nitrogen and oxygen atoms in total. The topological polar surface area (TPSA) is 49.4 Å². The molecule has 1 aliphatic carbocycles. The van der Waals surface area contributed by atoms with Crippen molar-refractivity contribution in [3.8, 4) is 0 Å². The SMILES string of the molecule is CC(=O)Nc1ccc(CC(=O)N(C2CC2)C(C)c2ccc(Cl)cc2)cc1. The molecule has 0 radical (unpaired) electrons. The van der Waals surface area contributed by atoms with Crippen molar-refractivity contribution < 1.29 is 9.59 Å². The molecule has 5 heteroatoms. The van der Waals surface area contributed by atoms with Crippen LogP contribution in [0.25, 0.3) is 0 Å². The van der Waals surface area contributed by atoms with Crippen molar-refractivity contribution >= 4 is 29.1 Å². The van der Waals surface area contributed by atoms with Gasteiger partial charge in [-0.1, -0.05) is 35.9 Å². The Morgan fingerprint density at radius 3 is 2.27 bits per heavy atom. The monoisotopic (exact) mass is 370 g/mol. The molecule has 0 aromatic heterocycles. The van der Waals surface area contributed by atoms with Crippen molar-refractivity contribution in [3.63, 3.8) is 0 Å². The molecule has 1 atom stereocenters. The van der Waals surface area contributed by atoms with Crippen LogP contribution in [0.5, 0.6) is 0 Å². The molecule has 0 saturated heterocycles. The predicted molar refractivity (Wildman–Crippen MR) is 104 cm³/mol. The molecule has 0 spiro atoms. The fourth-order valence-corrected chi connectivity index (χ4v) is 3.29. The highest BCUT2D eigenvalue weighted by Crippen LogP contribution is 2.35. The van der Waals surface area contributed by atoms with E-state index in [1.165, 1.54) is 6.92 Å². The van der Waals surface area contributed by atoms with Crippen LogP contribution in [0.15, 0.2) is 48.5 Å². The van der Waals surface area contributed by atoms with E-state index in [0.29, 0.717) is 17.5 Å². The third-order valence-electron chi connectivity index (χ3n) is 4.63. The second kappa shape index (κ2) is 7.92. The van der Waals surface area contributed by atoms with E-state index in [-0.39, 0.29) is 17.9 Å². The van der Waals surface area contributed by atoms with Crippen LogP contribution in [0.3, 0.4) is 0 Å². The van der Waals surface area contributed by atoms with Crippen molar-refractivity contribution in [2.75, 3.05) is 5.32 Å². The highest BCUT2D eigenvalue weighted by atomic mass is 35.5. The van der Waals surface area contributed by atoms with Crippen molar-refractivity contribution in [2.45, 2.75) is 45.2 Å². The number of hydrogen-bond donors (Lipinski definition) is 1. The number of anilines is 1. The van der Waals surface area contributed by atoms with Gasteiger partial charge in [-0.05, 0) is 55.2 Å². The van der Waals surface area contributed by atoms with Crippen LogP contribution in [0.1, 0.15) is 43.9 Å². The van der Waals surface area contributed by atoms with Crippen LogP contribution >= 0.6 is 11.6 Å². The molecule has 0 bridgehead atoms. The van der Waals surface area contributed by atoms with Gasteiger partial charge in [-0.25, -0.2) is 0 Å². The van der Waals surface area contributed by atoms with Gasteiger partial charge in [0.1, 0.15) is 0 Å². The van der Waals surface area contributed by atoms with E-state index in [4.69, 9.17) is 11.6 Å². The summed E-state index contributed by atoms with van der Waals surface area (Å²) in [6.45, 7) is 3.54. The van der Waals surface area contributed by atoms with Gasteiger partial charge in [0, 0.05) is 23.7 Å². The van der Waals surface area contributed by atoms with Gasteiger partial charge in [0.2, 0.25) is 11.8 Å². The first kappa shape index (κ1) is 18.5. The Morgan fingerprint density at radius 1 is 1.12 bits per heavy atom. The first-order valence-electron chi connectivity index (χ1n) is 8.87. The molecule has 26 heavy (non-hydrogen) atoms. The largest absolute Gasteiger partial charge is 0.333 e. The van der Waals surface area contributed by atoms with Gasteiger partial charge in [0.15, 0.2) is 0 Å². The maximum Gasteiger partial charge on any atom is 0.227 e. The van der Waals surface area contributed by atoms with Crippen LogP contribution in [0.2, 0.25) is 5.02 Å². The van der Waals surface area contributed by atoms with E-state index in [1.54, 1.807) is 0 Å². The number of benzene rings is 2. The van der Waals surface area contributed by atoms with Crippen LogP contribution in [0.4, 0.5) is 5.69 Å². The van der Waals surface area contributed by atoms with Crippen molar-refractivity contribution in [1.82, 2.24) is 4.90 Å². The molecule has 1 unspecified atom stereocenters. The van der Waals surface area contributed by atoms with Gasteiger partial charge >= 0.3 is 0 Å². The molecule has 136 valence electrons. The third-order valence-corrected chi connectivity index (χ3v) is 4.88. The molecule has 1 saturated carbocycles. The fraction of sp³-hybridized carbons (Fsp3) is 0.333. The number of carbonyl (C=O) groups is 2. The normalized spacial score (nSPS) is 14.6. The first-order valence-corrected chi connectivity index (χ1v) is 9.25. The summed E-state index contributed by atoms with van der Waals surface area (Å²) in [7, 11) is 0. The van der Waals surface area contributed by atoms with Crippen molar-refractivity contribution in [2.24, 2.45) is 0 Å². The van der Waals surface area contributed by atoms with Crippen LogP contribution in [-0.4, -0.2) is 22.8 Å². The lowest BCUT2D eigenvalue weighted by molar-refractivity contribution is -0.133. The van der Waals surface area contributed by atoms with Crippen molar-refractivity contribution in [1.29, 1.82) is 0 Å². The Hall–Kier alpha value is -2.33. The summed E-state index contributed by atoms with van der Waals surface area (Å²) in [4.78, 5) is 26.1. The zero-order valence-electron chi connectivity index (χ0n) is 15.0. The van der Waals surface area contributed by atoms with Gasteiger partial charge in [-0.15, -0.1) is 0 Å². The number of rotatable bonds is 6. The lowest BCUT2D eigenvalue weighted by Crippen LogP contribution is -2.36. The molecule has 1 N–H and O–H groups in total. The van der Waals surface area contributed by atoms with E-state index in [1.807, 2.05) is 53.4 Å². The number of carbonyl (C=O) groups excluding carboxylic acids is 2. The molecular formula is C21H23ClN2O2. The molecular weight excluding hydrogens is 348 g/mol. The van der Waals surface area contributed by atoms with E-state index < -0.39 is 0 Å². The summed E-state index contributed by atoms with van der Waals surface area (Å²) in [5.41, 5.74) is 2.77. The van der Waals surface area contributed by atoms with Crippen molar-refractivity contribution in [3.05, 3.63) is 64.7 Å². The van der Waals surface area contributed by atoms with Gasteiger partial charge < -0.3 is 10.2 Å². The maximum atomic E-state index is 13.0. The predicted octanol–water partition coefficient (Wildman–Crippen LogP) is 4.59. The second-order valence-corrected chi connectivity index (χ2v) is 7.25. The Kier molecular flexibility index (Phi) is 5.62. The summed E-state index contributed by atoms with van der Waals surface area (Å²) in [5, 5.41) is 3.43. The molecule has 1 aliphatic rings. The molecule has 0 aliphatic heterocycles. The van der Waals surface area contributed by atoms with Crippen LogP contribution in [-0.2, 0) is 16.0 Å². The molecule has 1 fully saturated rings. The minimum Gasteiger partial charge on any atom is -0.333 e. The molecule has 0 heterocycles. The summed E-state index contributed by atoms with van der Waals surface area (Å²) in [5.74, 6) is 0.0211. The lowest BCUT2D eigenvalue weighted by Gasteiger charge is -2.30. The summed E-state index contributed by atoms with van der Waals surface area (Å²) >= 11 is 5.98. The Morgan fingerprint density at radius 2 is 1.73 bits per heavy atom. The second-order valence-electron chi connectivity index (χ2n) is 6.81. The highest BCUT2D eigenvalue weighted by Gasteiger charge is 2.36. The van der Waals surface area contributed by atoms with Gasteiger partial charge in [-0.3, -0.25) is 9.59 Å². The Labute approximate surface area is 159 Å². The first-order chi connectivity index (χ1) is 12.4. The number of nitrogens with zero attached hydrogens (tertiary/aromatic N) is 1. The number of nitrogens with one attached hydrogen (secondary N) is 1. The average molecular weight is 371 g/mol. The van der Waals surface area contributed by atoms with Gasteiger partial charge in [-0.2, -0.15) is 0 Å². The summed E-state index contributed by atoms with van der Waals surface area (Å²) in [6.07, 6.45) is 2.48. The number of hydrogen-bond acceptors (Lipinski definition) is 2. The van der Waals surface area contributed by atoms with Crippen LogP contribution in [0, 0.1) is 0 Å². The zero-order valence-corrected chi connectivity index (χ0v) is 15.8. The quantitative estimate of drug-likeness (QED) is 0.808. The standard InChI is InChI=1S/C21H23ClN2O2/c1-14(17-5-7-18(22)8-6-17)24(20-11-12-20)21(26)13-16-3-9-19(10-4-16)23-15(2)25/h3-10,14,20H,11-13H2,1-2H3,(H,23,25). The smallest absolute Gasteiger partial charge is 0.227 e.